The number of rotatable bonds is 3. The number of ether oxygens (including phenoxy) is 2. The molecule has 0 aliphatic carbocycles. The molecule has 0 aromatic heterocycles. The van der Waals surface area contributed by atoms with Gasteiger partial charge in [-0.1, -0.05) is 0 Å². The summed E-state index contributed by atoms with van der Waals surface area (Å²) in [7, 11) is 2.68. The van der Waals surface area contributed by atoms with Crippen LogP contribution in [-0.4, -0.2) is 25.3 Å². The SMILES string of the molecule is COC(=O)c1cc(OC)cc(C(O)C#N)c1. The minimum Gasteiger partial charge on any atom is -0.497 e. The largest absolute Gasteiger partial charge is 0.497 e. The lowest BCUT2D eigenvalue weighted by Crippen LogP contribution is -2.04. The molecule has 0 fully saturated rings. The second-order valence-corrected chi connectivity index (χ2v) is 3.02. The zero-order chi connectivity index (χ0) is 12.1. The molecule has 84 valence electrons. The van der Waals surface area contributed by atoms with Crippen LogP contribution < -0.4 is 4.74 Å². The number of aliphatic hydroxyl groups excluding tert-OH is 1. The van der Waals surface area contributed by atoms with Crippen LogP contribution in [0.5, 0.6) is 5.75 Å². The Kier molecular flexibility index (Phi) is 3.86. The first kappa shape index (κ1) is 12.0. The number of methoxy groups -OCH3 is 2. The highest BCUT2D eigenvalue weighted by atomic mass is 16.5. The number of nitriles is 1. The Balaban J connectivity index is 3.22. The van der Waals surface area contributed by atoms with Crippen LogP contribution >= 0.6 is 0 Å². The van der Waals surface area contributed by atoms with Gasteiger partial charge in [0.05, 0.1) is 25.9 Å². The van der Waals surface area contributed by atoms with Gasteiger partial charge >= 0.3 is 5.97 Å². The molecule has 1 aromatic carbocycles. The molecule has 0 aliphatic heterocycles. The van der Waals surface area contributed by atoms with Gasteiger partial charge in [0.15, 0.2) is 6.10 Å². The summed E-state index contributed by atoms with van der Waals surface area (Å²) >= 11 is 0. The van der Waals surface area contributed by atoms with Gasteiger partial charge in [-0.2, -0.15) is 5.26 Å². The number of benzene rings is 1. The van der Waals surface area contributed by atoms with E-state index in [4.69, 9.17) is 10.00 Å². The van der Waals surface area contributed by atoms with E-state index in [2.05, 4.69) is 4.74 Å². The minimum atomic E-state index is -1.29. The zero-order valence-electron chi connectivity index (χ0n) is 8.93. The van der Waals surface area contributed by atoms with Crippen LogP contribution in [0.3, 0.4) is 0 Å². The van der Waals surface area contributed by atoms with E-state index < -0.39 is 12.1 Å². The summed E-state index contributed by atoms with van der Waals surface area (Å²) in [6.45, 7) is 0. The third kappa shape index (κ3) is 2.49. The van der Waals surface area contributed by atoms with Crippen molar-refractivity contribution in [1.82, 2.24) is 0 Å². The minimum absolute atomic E-state index is 0.228. The molecular weight excluding hydrogens is 210 g/mol. The molecule has 0 saturated heterocycles. The quantitative estimate of drug-likeness (QED) is 0.609. The van der Waals surface area contributed by atoms with Crippen LogP contribution in [-0.2, 0) is 4.74 Å². The van der Waals surface area contributed by atoms with Crippen LogP contribution in [0.1, 0.15) is 22.0 Å². The topological polar surface area (TPSA) is 79.6 Å². The number of esters is 1. The normalized spacial score (nSPS) is 11.4. The summed E-state index contributed by atoms with van der Waals surface area (Å²) in [4.78, 5) is 11.3. The van der Waals surface area contributed by atoms with Crippen LogP contribution in [0.4, 0.5) is 0 Å². The van der Waals surface area contributed by atoms with Crippen LogP contribution in [0.25, 0.3) is 0 Å². The fourth-order valence-electron chi connectivity index (χ4n) is 1.21. The third-order valence-corrected chi connectivity index (χ3v) is 2.02. The third-order valence-electron chi connectivity index (χ3n) is 2.02. The summed E-state index contributed by atoms with van der Waals surface area (Å²) < 4.78 is 9.50. The molecule has 0 bridgehead atoms. The lowest BCUT2D eigenvalue weighted by Gasteiger charge is -2.08. The molecule has 0 amide bonds. The standard InChI is InChI=1S/C11H11NO4/c1-15-9-4-7(10(13)6-12)3-8(5-9)11(14)16-2/h3-5,10,13H,1-2H3. The molecule has 1 unspecified atom stereocenters. The molecule has 1 aromatic rings. The summed E-state index contributed by atoms with van der Waals surface area (Å²) in [6.07, 6.45) is -1.29. The first-order chi connectivity index (χ1) is 7.62. The van der Waals surface area contributed by atoms with Crippen molar-refractivity contribution in [1.29, 1.82) is 5.26 Å². The molecule has 5 nitrogen and oxygen atoms in total. The Hall–Kier alpha value is -2.06. The van der Waals surface area contributed by atoms with Gasteiger partial charge in [-0.25, -0.2) is 4.79 Å². The molecule has 0 spiro atoms. The summed E-state index contributed by atoms with van der Waals surface area (Å²) in [5.74, 6) is -0.169. The Morgan fingerprint density at radius 3 is 2.62 bits per heavy atom. The lowest BCUT2D eigenvalue weighted by atomic mass is 10.1. The average Bonchev–Trinajstić information content (AvgIpc) is 2.35. The van der Waals surface area contributed by atoms with E-state index in [-0.39, 0.29) is 5.56 Å². The molecule has 0 aliphatic rings. The van der Waals surface area contributed by atoms with E-state index in [1.807, 2.05) is 0 Å². The smallest absolute Gasteiger partial charge is 0.337 e. The maximum Gasteiger partial charge on any atom is 0.337 e. The van der Waals surface area contributed by atoms with Crippen molar-refractivity contribution in [2.45, 2.75) is 6.10 Å². The monoisotopic (exact) mass is 221 g/mol. The van der Waals surface area contributed by atoms with Gasteiger partial charge in [-0.3, -0.25) is 0 Å². The van der Waals surface area contributed by atoms with Crippen molar-refractivity contribution < 1.29 is 19.4 Å². The molecular formula is C11H11NO4. The average molecular weight is 221 g/mol. The highest BCUT2D eigenvalue weighted by Crippen LogP contribution is 2.22. The first-order valence-corrected chi connectivity index (χ1v) is 4.47. The molecule has 0 heterocycles. The number of hydrogen-bond acceptors (Lipinski definition) is 5. The molecule has 0 radical (unpaired) electrons. The molecule has 0 saturated carbocycles. The van der Waals surface area contributed by atoms with Crippen molar-refractivity contribution in [2.75, 3.05) is 14.2 Å². The number of aliphatic hydroxyl groups is 1. The van der Waals surface area contributed by atoms with E-state index in [1.165, 1.54) is 32.4 Å². The van der Waals surface area contributed by atoms with Crippen molar-refractivity contribution in [3.05, 3.63) is 29.3 Å². The molecule has 5 heteroatoms. The highest BCUT2D eigenvalue weighted by Gasteiger charge is 2.13. The van der Waals surface area contributed by atoms with Gasteiger partial charge in [0.1, 0.15) is 5.75 Å². The van der Waals surface area contributed by atoms with Crippen molar-refractivity contribution >= 4 is 5.97 Å². The van der Waals surface area contributed by atoms with E-state index in [1.54, 1.807) is 6.07 Å². The molecule has 1 atom stereocenters. The Morgan fingerprint density at radius 2 is 2.12 bits per heavy atom. The highest BCUT2D eigenvalue weighted by molar-refractivity contribution is 5.90. The van der Waals surface area contributed by atoms with Crippen molar-refractivity contribution in [2.24, 2.45) is 0 Å². The summed E-state index contributed by atoms with van der Waals surface area (Å²) in [5, 5.41) is 17.9. The Labute approximate surface area is 92.8 Å². The van der Waals surface area contributed by atoms with Gasteiger partial charge in [0.2, 0.25) is 0 Å². The van der Waals surface area contributed by atoms with Crippen molar-refractivity contribution in [3.63, 3.8) is 0 Å². The zero-order valence-corrected chi connectivity index (χ0v) is 8.93. The van der Waals surface area contributed by atoms with Gasteiger partial charge in [-0.05, 0) is 23.8 Å². The Morgan fingerprint density at radius 1 is 1.44 bits per heavy atom. The van der Waals surface area contributed by atoms with E-state index in [0.717, 1.165) is 0 Å². The van der Waals surface area contributed by atoms with E-state index in [0.29, 0.717) is 11.3 Å². The maximum absolute atomic E-state index is 11.3. The first-order valence-electron chi connectivity index (χ1n) is 4.47. The number of nitrogens with zero attached hydrogens (tertiary/aromatic N) is 1. The van der Waals surface area contributed by atoms with Gasteiger partial charge in [0, 0.05) is 0 Å². The Bertz CT molecular complexity index is 436. The second-order valence-electron chi connectivity index (χ2n) is 3.02. The number of carbonyl (C=O) groups excluding carboxylic acids is 1. The predicted molar refractivity (Wildman–Crippen MR) is 54.9 cm³/mol. The van der Waals surface area contributed by atoms with Crippen LogP contribution in [0.2, 0.25) is 0 Å². The van der Waals surface area contributed by atoms with Gasteiger partial charge in [0.25, 0.3) is 0 Å². The van der Waals surface area contributed by atoms with E-state index in [9.17, 15) is 9.90 Å². The van der Waals surface area contributed by atoms with Gasteiger partial charge < -0.3 is 14.6 Å². The second kappa shape index (κ2) is 5.14. The number of carbonyl (C=O) groups is 1. The summed E-state index contributed by atoms with van der Waals surface area (Å²) in [6, 6.07) is 6.01. The fraction of sp³-hybridized carbons (Fsp3) is 0.273. The molecule has 1 N–H and O–H groups in total. The van der Waals surface area contributed by atoms with Gasteiger partial charge in [-0.15, -0.1) is 0 Å². The predicted octanol–water partition coefficient (Wildman–Crippen LogP) is 1.04. The van der Waals surface area contributed by atoms with Crippen molar-refractivity contribution in [3.8, 4) is 11.8 Å². The summed E-state index contributed by atoms with van der Waals surface area (Å²) in [5.41, 5.74) is 0.522. The maximum atomic E-state index is 11.3. The van der Waals surface area contributed by atoms with Crippen LogP contribution in [0.15, 0.2) is 18.2 Å². The van der Waals surface area contributed by atoms with E-state index >= 15 is 0 Å². The number of hydrogen-bond donors (Lipinski definition) is 1. The molecule has 16 heavy (non-hydrogen) atoms. The van der Waals surface area contributed by atoms with Crippen LogP contribution in [0, 0.1) is 11.3 Å². The fourth-order valence-corrected chi connectivity index (χ4v) is 1.21. The lowest BCUT2D eigenvalue weighted by molar-refractivity contribution is 0.0600. The molecule has 1 rings (SSSR count).